The van der Waals surface area contributed by atoms with Crippen LogP contribution in [0.5, 0.6) is 11.5 Å². The number of alkyl halides is 1. The maximum atomic E-state index is 12.3. The molecule has 24 heavy (non-hydrogen) atoms. The van der Waals surface area contributed by atoms with E-state index in [9.17, 15) is 9.59 Å². The van der Waals surface area contributed by atoms with Crippen LogP contribution >= 0.6 is 11.6 Å². The van der Waals surface area contributed by atoms with Gasteiger partial charge in [0.25, 0.3) is 0 Å². The monoisotopic (exact) mass is 412 g/mol. The number of benzene rings is 2. The van der Waals surface area contributed by atoms with Crippen molar-refractivity contribution >= 4 is 38.1 Å². The van der Waals surface area contributed by atoms with Gasteiger partial charge in [-0.05, 0) is 0 Å². The van der Waals surface area contributed by atoms with Crippen LogP contribution in [-0.4, -0.2) is 45.0 Å². The summed E-state index contributed by atoms with van der Waals surface area (Å²) in [4.78, 5) is 24.5. The van der Waals surface area contributed by atoms with Crippen molar-refractivity contribution in [3.05, 3.63) is 59.7 Å². The molecule has 6 heteroatoms. The van der Waals surface area contributed by atoms with E-state index < -0.39 is 4.28 Å². The molecule has 2 rings (SSSR count). The van der Waals surface area contributed by atoms with Gasteiger partial charge in [-0.15, -0.1) is 0 Å². The average Bonchev–Trinajstić information content (AvgIpc) is 2.65. The van der Waals surface area contributed by atoms with Crippen molar-refractivity contribution in [2.24, 2.45) is 0 Å². The van der Waals surface area contributed by atoms with Crippen molar-refractivity contribution in [1.29, 1.82) is 0 Å². The van der Waals surface area contributed by atoms with Gasteiger partial charge in [0.2, 0.25) is 0 Å². The minimum absolute atomic E-state index is 0.0224. The Morgan fingerprint density at radius 2 is 1.38 bits per heavy atom. The van der Waals surface area contributed by atoms with Gasteiger partial charge in [-0.2, -0.15) is 0 Å². The first-order valence-electron chi connectivity index (χ1n) is 7.16. The van der Waals surface area contributed by atoms with Crippen LogP contribution in [0.4, 0.5) is 0 Å². The Labute approximate surface area is 152 Å². The summed E-state index contributed by atoms with van der Waals surface area (Å²) in [6.07, 6.45) is 0. The zero-order chi connectivity index (χ0) is 17.5. The third-order valence-electron chi connectivity index (χ3n) is 3.35. The van der Waals surface area contributed by atoms with E-state index in [-0.39, 0.29) is 31.8 Å². The summed E-state index contributed by atoms with van der Waals surface area (Å²) in [5.74, 6) is 1.19. The summed E-state index contributed by atoms with van der Waals surface area (Å²) in [7, 11) is 3.14. The molecule has 0 bridgehead atoms. The molecule has 0 aliphatic heterocycles. The number of hydrogen-bond acceptors (Lipinski definition) is 4. The van der Waals surface area contributed by atoms with E-state index in [1.807, 2.05) is 0 Å². The Hall–Kier alpha value is -1.81. The number of methoxy groups -OCH3 is 2. The van der Waals surface area contributed by atoms with Gasteiger partial charge in [0.1, 0.15) is 0 Å². The Bertz CT molecular complexity index is 698. The minimum atomic E-state index is -0.673. The first kappa shape index (κ1) is 18.5. The normalized spacial score (nSPS) is 11.6. The first-order chi connectivity index (χ1) is 11.5. The molecule has 0 amide bonds. The molecule has 2 aromatic carbocycles. The molecule has 0 radical (unpaired) electrons. The summed E-state index contributed by atoms with van der Waals surface area (Å²) in [5.41, 5.74) is 1.12. The van der Waals surface area contributed by atoms with Gasteiger partial charge >= 0.3 is 152 Å². The Balaban J connectivity index is 1.91. The molecule has 0 aliphatic rings. The Morgan fingerprint density at radius 3 is 1.83 bits per heavy atom. The van der Waals surface area contributed by atoms with Gasteiger partial charge in [0.15, 0.2) is 0 Å². The standard InChI is InChI=1S/C18H17ClO4Se/c1-22-14-7-3-12(4-8-14)16(20)11-24-18(19)17(21)13-5-9-15(23-2)10-6-13/h3-10,18H,11H2,1-2H3. The quantitative estimate of drug-likeness (QED) is 0.379. The van der Waals surface area contributed by atoms with E-state index in [1.165, 1.54) is 0 Å². The fourth-order valence-corrected chi connectivity index (χ4v) is 4.00. The number of hydrogen-bond donors (Lipinski definition) is 0. The van der Waals surface area contributed by atoms with Crippen LogP contribution in [0.3, 0.4) is 0 Å². The molecule has 0 heterocycles. The summed E-state index contributed by atoms with van der Waals surface area (Å²) < 4.78 is 9.45. The van der Waals surface area contributed by atoms with Crippen LogP contribution in [-0.2, 0) is 0 Å². The van der Waals surface area contributed by atoms with Crippen molar-refractivity contribution in [3.63, 3.8) is 0 Å². The summed E-state index contributed by atoms with van der Waals surface area (Å²) in [6, 6.07) is 13.7. The third-order valence-corrected chi connectivity index (χ3v) is 6.17. The number of Topliss-reactive ketones (excluding diaryl/α,β-unsaturated/α-hetero) is 2. The zero-order valence-corrected chi connectivity index (χ0v) is 15.8. The molecule has 0 aromatic heterocycles. The second-order valence-electron chi connectivity index (χ2n) is 4.87. The zero-order valence-electron chi connectivity index (χ0n) is 13.3. The van der Waals surface area contributed by atoms with Gasteiger partial charge in [0.05, 0.1) is 0 Å². The van der Waals surface area contributed by atoms with E-state index in [2.05, 4.69) is 0 Å². The number of ketones is 2. The topological polar surface area (TPSA) is 52.6 Å². The molecule has 0 N–H and O–H groups in total. The van der Waals surface area contributed by atoms with Crippen LogP contribution in [0.1, 0.15) is 20.7 Å². The number of carbonyl (C=O) groups is 2. The van der Waals surface area contributed by atoms with Crippen molar-refractivity contribution < 1.29 is 19.1 Å². The molecule has 1 atom stereocenters. The van der Waals surface area contributed by atoms with Gasteiger partial charge < -0.3 is 0 Å². The third kappa shape index (κ3) is 4.84. The molecule has 0 aliphatic carbocycles. The number of ether oxygens (including phenoxy) is 2. The van der Waals surface area contributed by atoms with Gasteiger partial charge in [-0.25, -0.2) is 0 Å². The van der Waals surface area contributed by atoms with Crippen LogP contribution in [0, 0.1) is 0 Å². The molecule has 0 saturated heterocycles. The average molecular weight is 412 g/mol. The van der Waals surface area contributed by atoms with Gasteiger partial charge in [-0.1, -0.05) is 0 Å². The van der Waals surface area contributed by atoms with Crippen molar-refractivity contribution in [1.82, 2.24) is 0 Å². The van der Waals surface area contributed by atoms with Crippen LogP contribution < -0.4 is 9.47 Å². The van der Waals surface area contributed by atoms with Crippen LogP contribution in [0.2, 0.25) is 5.32 Å². The SMILES string of the molecule is COc1ccc(C(=O)C[Se]C(Cl)C(=O)c2ccc(OC)cc2)cc1. The van der Waals surface area contributed by atoms with Gasteiger partial charge in [0, 0.05) is 0 Å². The summed E-state index contributed by atoms with van der Waals surface area (Å²) in [6.45, 7) is 0. The molecular weight excluding hydrogens is 395 g/mol. The fourth-order valence-electron chi connectivity index (χ4n) is 1.97. The molecule has 0 spiro atoms. The molecule has 126 valence electrons. The maximum absolute atomic E-state index is 12.3. The van der Waals surface area contributed by atoms with E-state index in [4.69, 9.17) is 21.1 Å². The second-order valence-corrected chi connectivity index (χ2v) is 8.19. The first-order valence-corrected chi connectivity index (χ1v) is 9.80. The number of halogens is 1. The molecule has 2 aromatic rings. The van der Waals surface area contributed by atoms with E-state index in [0.717, 1.165) is 0 Å². The predicted molar refractivity (Wildman–Crippen MR) is 94.9 cm³/mol. The van der Waals surface area contributed by atoms with Gasteiger partial charge in [-0.3, -0.25) is 0 Å². The van der Waals surface area contributed by atoms with E-state index >= 15 is 0 Å². The van der Waals surface area contributed by atoms with Crippen molar-refractivity contribution in [3.8, 4) is 11.5 Å². The number of rotatable bonds is 8. The second kappa shape index (κ2) is 8.88. The molecule has 1 unspecified atom stereocenters. The predicted octanol–water partition coefficient (Wildman–Crippen LogP) is 3.46. The summed E-state index contributed by atoms with van der Waals surface area (Å²) in [5, 5.41) is 0.273. The van der Waals surface area contributed by atoms with Crippen LogP contribution in [0.25, 0.3) is 0 Å². The fraction of sp³-hybridized carbons (Fsp3) is 0.222. The molecule has 4 nitrogen and oxygen atoms in total. The molecule has 0 saturated carbocycles. The Morgan fingerprint density at radius 1 is 0.917 bits per heavy atom. The summed E-state index contributed by atoms with van der Waals surface area (Å²) >= 11 is 5.87. The number of carbonyl (C=O) groups excluding carboxylic acids is 2. The van der Waals surface area contributed by atoms with E-state index in [0.29, 0.717) is 22.6 Å². The van der Waals surface area contributed by atoms with E-state index in [1.54, 1.807) is 62.8 Å². The molecule has 0 fully saturated rings. The van der Waals surface area contributed by atoms with Crippen molar-refractivity contribution in [2.75, 3.05) is 14.2 Å². The molecular formula is C18H17ClO4Se. The van der Waals surface area contributed by atoms with Crippen LogP contribution in [0.15, 0.2) is 48.5 Å². The van der Waals surface area contributed by atoms with Crippen molar-refractivity contribution in [2.45, 2.75) is 9.59 Å². The Kier molecular flexibility index (Phi) is 6.85.